The van der Waals surface area contributed by atoms with Gasteiger partial charge in [0, 0.05) is 24.7 Å². The van der Waals surface area contributed by atoms with Crippen molar-refractivity contribution in [3.63, 3.8) is 0 Å². The summed E-state index contributed by atoms with van der Waals surface area (Å²) in [6, 6.07) is 7.79. The number of halogens is 4. The largest absolute Gasteiger partial charge is 0.426 e. The average Bonchev–Trinajstić information content (AvgIpc) is 3.02. The van der Waals surface area contributed by atoms with Gasteiger partial charge < -0.3 is 10.0 Å². The second kappa shape index (κ2) is 7.20. The van der Waals surface area contributed by atoms with Crippen molar-refractivity contribution in [2.45, 2.75) is 44.4 Å². The highest BCUT2D eigenvalue weighted by Gasteiger charge is 2.57. The van der Waals surface area contributed by atoms with Crippen LogP contribution in [0.5, 0.6) is 0 Å². The first-order valence-electron chi connectivity index (χ1n) is 8.91. The van der Waals surface area contributed by atoms with E-state index in [9.17, 15) is 27.5 Å². The van der Waals surface area contributed by atoms with Gasteiger partial charge in [-0.3, -0.25) is 4.79 Å². The molecule has 1 atom stereocenters. The zero-order valence-corrected chi connectivity index (χ0v) is 15.5. The number of benzene rings is 1. The van der Waals surface area contributed by atoms with E-state index in [-0.39, 0.29) is 24.8 Å². The van der Waals surface area contributed by atoms with Gasteiger partial charge in [0.1, 0.15) is 5.82 Å². The molecule has 0 radical (unpaired) electrons. The van der Waals surface area contributed by atoms with Gasteiger partial charge in [-0.1, -0.05) is 0 Å². The number of hydrogen-bond donors (Lipinski definition) is 1. The van der Waals surface area contributed by atoms with Crippen LogP contribution < -0.4 is 0 Å². The molecule has 3 rings (SSSR count). The average molecular weight is 399 g/mol. The van der Waals surface area contributed by atoms with Crippen LogP contribution in [-0.2, 0) is 4.79 Å². The van der Waals surface area contributed by atoms with E-state index in [1.807, 2.05) is 13.0 Å². The third-order valence-corrected chi connectivity index (χ3v) is 5.15. The summed E-state index contributed by atoms with van der Waals surface area (Å²) in [5, 5.41) is 14.1. The Balaban J connectivity index is 1.70. The second-order valence-corrected chi connectivity index (χ2v) is 7.24. The Labute approximate surface area is 159 Å². The fourth-order valence-electron chi connectivity index (χ4n) is 3.35. The highest BCUT2D eigenvalue weighted by molar-refractivity contribution is 5.85. The minimum absolute atomic E-state index is 0.0136. The van der Waals surface area contributed by atoms with Crippen LogP contribution in [-0.4, -0.2) is 50.6 Å². The number of hydrogen-bond acceptors (Lipinski definition) is 3. The van der Waals surface area contributed by atoms with Crippen LogP contribution in [0.3, 0.4) is 0 Å². The van der Waals surface area contributed by atoms with Crippen molar-refractivity contribution in [3.05, 3.63) is 47.5 Å². The van der Waals surface area contributed by atoms with Gasteiger partial charge in [-0.05, 0) is 57.0 Å². The molecule has 0 bridgehead atoms. The minimum Gasteiger partial charge on any atom is -0.373 e. The predicted molar refractivity (Wildman–Crippen MR) is 93.5 cm³/mol. The third kappa shape index (κ3) is 3.76. The molecule has 1 amide bonds. The molecular formula is C19H21F4N3O2. The normalized spacial score (nSPS) is 18.2. The van der Waals surface area contributed by atoms with Crippen LogP contribution in [0.15, 0.2) is 30.3 Å². The van der Waals surface area contributed by atoms with Crippen molar-refractivity contribution in [2.75, 3.05) is 13.1 Å². The molecule has 28 heavy (non-hydrogen) atoms. The van der Waals surface area contributed by atoms with Crippen LogP contribution in [0.1, 0.15) is 37.1 Å². The van der Waals surface area contributed by atoms with E-state index in [4.69, 9.17) is 0 Å². The molecular weight excluding hydrogens is 378 g/mol. The number of aryl methyl sites for hydroxylation is 1. The fourth-order valence-corrected chi connectivity index (χ4v) is 3.35. The summed E-state index contributed by atoms with van der Waals surface area (Å²) in [6.45, 7) is 2.56. The van der Waals surface area contributed by atoms with Gasteiger partial charge in [-0.15, -0.1) is 0 Å². The van der Waals surface area contributed by atoms with Crippen LogP contribution in [0.25, 0.3) is 5.69 Å². The number of likely N-dealkylation sites (tertiary alicyclic amines) is 1. The van der Waals surface area contributed by atoms with Crippen LogP contribution >= 0.6 is 0 Å². The second-order valence-electron chi connectivity index (χ2n) is 7.24. The summed E-state index contributed by atoms with van der Waals surface area (Å²) < 4.78 is 53.4. The van der Waals surface area contributed by atoms with Gasteiger partial charge in [0.05, 0.1) is 11.4 Å². The Morgan fingerprint density at radius 2 is 1.75 bits per heavy atom. The maximum absolute atomic E-state index is 13.1. The minimum atomic E-state index is -5.02. The highest BCUT2D eigenvalue weighted by Crippen LogP contribution is 2.34. The molecule has 2 aromatic rings. The maximum atomic E-state index is 13.1. The third-order valence-electron chi connectivity index (χ3n) is 5.15. The molecule has 1 fully saturated rings. The van der Waals surface area contributed by atoms with Gasteiger partial charge in [0.2, 0.25) is 5.60 Å². The van der Waals surface area contributed by atoms with Crippen molar-refractivity contribution in [2.24, 2.45) is 0 Å². The number of carbonyl (C=O) groups is 1. The molecule has 2 heterocycles. The summed E-state index contributed by atoms with van der Waals surface area (Å²) in [5.74, 6) is -1.69. The topological polar surface area (TPSA) is 58.4 Å². The molecule has 0 aliphatic carbocycles. The molecule has 1 aromatic carbocycles. The summed E-state index contributed by atoms with van der Waals surface area (Å²) in [6.07, 6.45) is -4.13. The number of carbonyl (C=O) groups excluding carboxylic acids is 1. The SMILES string of the molecule is Cc1cc(C2CCN(C(=O)C(C)(O)C(F)(F)F)CC2)nn1-c1ccc(F)cc1. The molecule has 0 spiro atoms. The summed E-state index contributed by atoms with van der Waals surface area (Å²) in [7, 11) is 0. The van der Waals surface area contributed by atoms with E-state index < -0.39 is 17.7 Å². The number of amides is 1. The number of alkyl halides is 3. The highest BCUT2D eigenvalue weighted by atomic mass is 19.4. The van der Waals surface area contributed by atoms with E-state index in [2.05, 4.69) is 5.10 Å². The molecule has 152 valence electrons. The summed E-state index contributed by atoms with van der Waals surface area (Å²) in [4.78, 5) is 13.1. The molecule has 1 aromatic heterocycles. The Hall–Kier alpha value is -2.42. The lowest BCUT2D eigenvalue weighted by atomic mass is 9.92. The van der Waals surface area contributed by atoms with E-state index in [0.29, 0.717) is 25.5 Å². The van der Waals surface area contributed by atoms with Crippen molar-refractivity contribution in [1.29, 1.82) is 0 Å². The first kappa shape index (κ1) is 20.3. The number of nitrogens with zero attached hydrogens (tertiary/aromatic N) is 3. The van der Waals surface area contributed by atoms with Crippen LogP contribution in [0.4, 0.5) is 17.6 Å². The fraction of sp³-hybridized carbons (Fsp3) is 0.474. The number of aromatic nitrogens is 2. The lowest BCUT2D eigenvalue weighted by molar-refractivity contribution is -0.250. The van der Waals surface area contributed by atoms with E-state index in [1.165, 1.54) is 12.1 Å². The van der Waals surface area contributed by atoms with Crippen LogP contribution in [0.2, 0.25) is 0 Å². The van der Waals surface area contributed by atoms with Gasteiger partial charge in [-0.2, -0.15) is 18.3 Å². The van der Waals surface area contributed by atoms with Crippen molar-refractivity contribution in [1.82, 2.24) is 14.7 Å². The molecule has 5 nitrogen and oxygen atoms in total. The quantitative estimate of drug-likeness (QED) is 0.806. The molecule has 1 saturated heterocycles. The van der Waals surface area contributed by atoms with Crippen molar-refractivity contribution in [3.8, 4) is 5.69 Å². The summed E-state index contributed by atoms with van der Waals surface area (Å²) in [5.41, 5.74) is -1.06. The number of piperidine rings is 1. The van der Waals surface area contributed by atoms with Crippen LogP contribution in [0, 0.1) is 12.7 Å². The maximum Gasteiger partial charge on any atom is 0.426 e. The van der Waals surface area contributed by atoms with Gasteiger partial charge >= 0.3 is 6.18 Å². The molecule has 1 N–H and O–H groups in total. The zero-order chi connectivity index (χ0) is 20.7. The zero-order valence-electron chi connectivity index (χ0n) is 15.5. The molecule has 1 aliphatic heterocycles. The smallest absolute Gasteiger partial charge is 0.373 e. The van der Waals surface area contributed by atoms with E-state index >= 15 is 0 Å². The monoisotopic (exact) mass is 399 g/mol. The number of rotatable bonds is 3. The Morgan fingerprint density at radius 1 is 1.18 bits per heavy atom. The van der Waals surface area contributed by atoms with Gasteiger partial charge in [0.25, 0.3) is 5.91 Å². The van der Waals surface area contributed by atoms with Gasteiger partial charge in [-0.25, -0.2) is 9.07 Å². The standard InChI is InChI=1S/C19H21F4N3O2/c1-12-11-16(24-26(12)15-5-3-14(20)4-6-15)13-7-9-25(10-8-13)17(27)18(2,28)19(21,22)23/h3-6,11,13,28H,7-10H2,1-2H3. The lowest BCUT2D eigenvalue weighted by Gasteiger charge is -2.36. The first-order chi connectivity index (χ1) is 13.0. The molecule has 0 saturated carbocycles. The van der Waals surface area contributed by atoms with Crippen molar-refractivity contribution < 1.29 is 27.5 Å². The molecule has 1 aliphatic rings. The molecule has 9 heteroatoms. The number of aliphatic hydroxyl groups is 1. The Morgan fingerprint density at radius 3 is 2.29 bits per heavy atom. The Kier molecular flexibility index (Phi) is 5.22. The lowest BCUT2D eigenvalue weighted by Crippen LogP contribution is -2.57. The van der Waals surface area contributed by atoms with E-state index in [0.717, 1.165) is 16.3 Å². The molecule has 1 unspecified atom stereocenters. The predicted octanol–water partition coefficient (Wildman–Crippen LogP) is 3.34. The van der Waals surface area contributed by atoms with Crippen molar-refractivity contribution >= 4 is 5.91 Å². The van der Waals surface area contributed by atoms with Gasteiger partial charge in [0.15, 0.2) is 0 Å². The summed E-state index contributed by atoms with van der Waals surface area (Å²) >= 11 is 0. The Bertz CT molecular complexity index is 851. The van der Waals surface area contributed by atoms with E-state index in [1.54, 1.807) is 16.8 Å². The first-order valence-corrected chi connectivity index (χ1v) is 8.91.